The molecule has 0 heterocycles. The Balaban J connectivity index is 5.87. The average molecular weight is 231 g/mol. The van der Waals surface area contributed by atoms with Gasteiger partial charge in [-0.2, -0.15) is 0 Å². The second-order valence-electron chi connectivity index (χ2n) is 4.80. The molecule has 17 heavy (non-hydrogen) atoms. The van der Waals surface area contributed by atoms with Gasteiger partial charge < -0.3 is 5.73 Å². The van der Waals surface area contributed by atoms with E-state index < -0.39 is 0 Å². The lowest BCUT2D eigenvalue weighted by atomic mass is 9.94. The van der Waals surface area contributed by atoms with Crippen molar-refractivity contribution >= 4 is 0 Å². The molecule has 0 bridgehead atoms. The molecule has 0 fully saturated rings. The van der Waals surface area contributed by atoms with Crippen LogP contribution in [0.3, 0.4) is 0 Å². The summed E-state index contributed by atoms with van der Waals surface area (Å²) >= 11 is 0. The first-order valence-electron chi connectivity index (χ1n) is 5.82. The first-order valence-corrected chi connectivity index (χ1v) is 5.82. The van der Waals surface area contributed by atoms with Crippen molar-refractivity contribution < 1.29 is 0 Å². The third-order valence-corrected chi connectivity index (χ3v) is 3.07. The first kappa shape index (κ1) is 15.5. The van der Waals surface area contributed by atoms with Gasteiger partial charge in [-0.25, -0.2) is 0 Å². The highest BCUT2D eigenvalue weighted by Crippen LogP contribution is 2.24. The predicted molar refractivity (Wildman–Crippen MR) is 78.6 cm³/mol. The first-order chi connectivity index (χ1) is 7.68. The predicted octanol–water partition coefficient (Wildman–Crippen LogP) is 4.65. The molecule has 0 aliphatic carbocycles. The molecule has 0 saturated carbocycles. The quantitative estimate of drug-likeness (QED) is 0.700. The summed E-state index contributed by atoms with van der Waals surface area (Å²) < 4.78 is 0. The van der Waals surface area contributed by atoms with Crippen molar-refractivity contribution in [2.24, 2.45) is 5.73 Å². The minimum atomic E-state index is 0.617. The Kier molecular flexibility index (Phi) is 5.73. The summed E-state index contributed by atoms with van der Waals surface area (Å²) in [7, 11) is 0. The summed E-state index contributed by atoms with van der Waals surface area (Å²) in [6, 6.07) is 0. The molecule has 0 aromatic heterocycles. The van der Waals surface area contributed by atoms with Crippen LogP contribution in [0.1, 0.15) is 41.5 Å². The molecule has 0 spiro atoms. The zero-order chi connectivity index (χ0) is 13.7. The molecule has 0 aromatic rings. The topological polar surface area (TPSA) is 26.0 Å². The van der Waals surface area contributed by atoms with E-state index in [2.05, 4.69) is 46.9 Å². The zero-order valence-corrected chi connectivity index (χ0v) is 12.1. The molecule has 1 heteroatoms. The van der Waals surface area contributed by atoms with Gasteiger partial charge in [0.2, 0.25) is 0 Å². The fourth-order valence-corrected chi connectivity index (χ4v) is 1.28. The SMILES string of the molecule is C=C(N)/C(C)=C(/C=C(\C)C(=C)C)C(C)=C(C)C. The summed E-state index contributed by atoms with van der Waals surface area (Å²) in [5.74, 6) is 0. The maximum Gasteiger partial charge on any atom is 0.0276 e. The third kappa shape index (κ3) is 4.48. The number of nitrogens with two attached hydrogens (primary N) is 1. The third-order valence-electron chi connectivity index (χ3n) is 3.07. The standard InChI is InChI=1S/C16H25N/c1-10(2)12(5)9-16(13(6)11(3)4)14(7)15(8)17/h9H,1,8,17H2,2-7H3/b12-9+,16-14-. The van der Waals surface area contributed by atoms with E-state index in [0.29, 0.717) is 5.70 Å². The summed E-state index contributed by atoms with van der Waals surface area (Å²) in [5.41, 5.74) is 13.4. The van der Waals surface area contributed by atoms with E-state index in [0.717, 1.165) is 16.7 Å². The summed E-state index contributed by atoms with van der Waals surface area (Å²) in [4.78, 5) is 0. The van der Waals surface area contributed by atoms with Crippen molar-refractivity contribution in [1.82, 2.24) is 0 Å². The van der Waals surface area contributed by atoms with Crippen molar-refractivity contribution in [2.75, 3.05) is 0 Å². The molecule has 94 valence electrons. The average Bonchev–Trinajstić information content (AvgIpc) is 2.22. The largest absolute Gasteiger partial charge is 0.399 e. The monoisotopic (exact) mass is 231 g/mol. The van der Waals surface area contributed by atoms with Crippen LogP contribution in [-0.4, -0.2) is 0 Å². The fourth-order valence-electron chi connectivity index (χ4n) is 1.28. The molecule has 0 unspecified atom stereocenters. The lowest BCUT2D eigenvalue weighted by Gasteiger charge is -2.13. The number of hydrogen-bond acceptors (Lipinski definition) is 1. The second kappa shape index (κ2) is 6.29. The van der Waals surface area contributed by atoms with E-state index in [-0.39, 0.29) is 0 Å². The number of hydrogen-bond donors (Lipinski definition) is 1. The zero-order valence-electron chi connectivity index (χ0n) is 12.1. The maximum atomic E-state index is 5.80. The molecular weight excluding hydrogens is 206 g/mol. The lowest BCUT2D eigenvalue weighted by molar-refractivity contribution is 1.19. The Morgan fingerprint density at radius 1 is 0.882 bits per heavy atom. The Hall–Kier alpha value is -1.50. The Morgan fingerprint density at radius 3 is 1.65 bits per heavy atom. The second-order valence-corrected chi connectivity index (χ2v) is 4.80. The van der Waals surface area contributed by atoms with Crippen LogP contribution in [0, 0.1) is 0 Å². The summed E-state index contributed by atoms with van der Waals surface area (Å²) in [6.45, 7) is 20.2. The molecule has 0 radical (unpaired) electrons. The molecule has 0 atom stereocenters. The van der Waals surface area contributed by atoms with Crippen LogP contribution >= 0.6 is 0 Å². The number of rotatable bonds is 4. The van der Waals surface area contributed by atoms with Crippen molar-refractivity contribution in [1.29, 1.82) is 0 Å². The van der Waals surface area contributed by atoms with Gasteiger partial charge in [-0.1, -0.05) is 30.4 Å². The van der Waals surface area contributed by atoms with Crippen LogP contribution in [0.4, 0.5) is 0 Å². The van der Waals surface area contributed by atoms with E-state index in [1.165, 1.54) is 16.7 Å². The molecule has 0 saturated heterocycles. The van der Waals surface area contributed by atoms with Crippen LogP contribution in [0.15, 0.2) is 58.4 Å². The van der Waals surface area contributed by atoms with Gasteiger partial charge in [-0.15, -0.1) is 0 Å². The minimum Gasteiger partial charge on any atom is -0.399 e. The van der Waals surface area contributed by atoms with Gasteiger partial charge in [0.25, 0.3) is 0 Å². The van der Waals surface area contributed by atoms with Gasteiger partial charge in [-0.3, -0.25) is 0 Å². The van der Waals surface area contributed by atoms with Crippen LogP contribution < -0.4 is 5.73 Å². The van der Waals surface area contributed by atoms with Crippen molar-refractivity contribution in [2.45, 2.75) is 41.5 Å². The Morgan fingerprint density at radius 2 is 1.35 bits per heavy atom. The van der Waals surface area contributed by atoms with E-state index in [1.54, 1.807) is 0 Å². The van der Waals surface area contributed by atoms with E-state index in [4.69, 9.17) is 5.73 Å². The molecule has 2 N–H and O–H groups in total. The molecule has 0 rings (SSSR count). The highest BCUT2D eigenvalue weighted by atomic mass is 14.6. The summed E-state index contributed by atoms with van der Waals surface area (Å²) in [5, 5.41) is 0. The van der Waals surface area contributed by atoms with E-state index in [9.17, 15) is 0 Å². The molecule has 1 nitrogen and oxygen atoms in total. The molecule has 0 aliphatic rings. The van der Waals surface area contributed by atoms with Crippen molar-refractivity contribution in [3.8, 4) is 0 Å². The van der Waals surface area contributed by atoms with Crippen LogP contribution in [0.25, 0.3) is 0 Å². The Labute approximate surface area is 106 Å². The normalized spacial score (nSPS) is 12.9. The summed E-state index contributed by atoms with van der Waals surface area (Å²) in [6.07, 6.45) is 2.14. The van der Waals surface area contributed by atoms with Crippen LogP contribution in [-0.2, 0) is 0 Å². The van der Waals surface area contributed by atoms with E-state index >= 15 is 0 Å². The molecule has 0 amide bonds. The fraction of sp³-hybridized carbons (Fsp3) is 0.375. The highest BCUT2D eigenvalue weighted by molar-refractivity contribution is 5.51. The maximum absolute atomic E-state index is 5.80. The molecule has 0 aliphatic heterocycles. The van der Waals surface area contributed by atoms with Crippen LogP contribution in [0.2, 0.25) is 0 Å². The van der Waals surface area contributed by atoms with Gasteiger partial charge in [0.1, 0.15) is 0 Å². The van der Waals surface area contributed by atoms with Crippen LogP contribution in [0.5, 0.6) is 0 Å². The molecular formula is C16H25N. The highest BCUT2D eigenvalue weighted by Gasteiger charge is 2.06. The van der Waals surface area contributed by atoms with Gasteiger partial charge in [0, 0.05) is 5.70 Å². The smallest absolute Gasteiger partial charge is 0.0276 e. The van der Waals surface area contributed by atoms with Gasteiger partial charge in [-0.05, 0) is 63.8 Å². The van der Waals surface area contributed by atoms with Crippen molar-refractivity contribution in [3.05, 3.63) is 58.4 Å². The minimum absolute atomic E-state index is 0.617. The van der Waals surface area contributed by atoms with Gasteiger partial charge in [0.05, 0.1) is 0 Å². The lowest BCUT2D eigenvalue weighted by Crippen LogP contribution is -2.01. The van der Waals surface area contributed by atoms with E-state index in [1.807, 2.05) is 13.8 Å². The Bertz CT molecular complexity index is 424. The van der Waals surface area contributed by atoms with Gasteiger partial charge >= 0.3 is 0 Å². The van der Waals surface area contributed by atoms with Gasteiger partial charge in [0.15, 0.2) is 0 Å². The number of allylic oxidation sites excluding steroid dienone is 7. The molecule has 0 aromatic carbocycles. The van der Waals surface area contributed by atoms with Crippen molar-refractivity contribution in [3.63, 3.8) is 0 Å².